The Morgan fingerprint density at radius 3 is 3.00 bits per heavy atom. The first-order valence-electron chi connectivity index (χ1n) is 13.9. The minimum atomic E-state index is -0.254. The number of anilines is 2. The van der Waals surface area contributed by atoms with Crippen LogP contribution in [0.15, 0.2) is 47.6 Å². The van der Waals surface area contributed by atoms with Crippen molar-refractivity contribution >= 4 is 40.7 Å². The number of amides is 1. The van der Waals surface area contributed by atoms with Gasteiger partial charge in [-0.1, -0.05) is 6.92 Å². The number of aliphatic hydroxyl groups excluding tert-OH is 1. The lowest BCUT2D eigenvalue weighted by Gasteiger charge is -2.30. The van der Waals surface area contributed by atoms with Gasteiger partial charge in [-0.15, -0.1) is 0 Å². The van der Waals surface area contributed by atoms with E-state index < -0.39 is 0 Å². The van der Waals surface area contributed by atoms with Gasteiger partial charge >= 0.3 is 0 Å². The van der Waals surface area contributed by atoms with Crippen LogP contribution in [0.3, 0.4) is 0 Å². The summed E-state index contributed by atoms with van der Waals surface area (Å²) in [6, 6.07) is 1.66. The van der Waals surface area contributed by atoms with Crippen LogP contribution in [0.5, 0.6) is 0 Å². The van der Waals surface area contributed by atoms with Crippen LogP contribution in [0.1, 0.15) is 37.4 Å². The van der Waals surface area contributed by atoms with Crippen molar-refractivity contribution in [3.8, 4) is 11.3 Å². The standard InChI is InChI=1S/C28H34N10O2S/c1-18-4-3-7-36(12-18)15-22-8-26(41-35-22)34-27-28-30-11-24(38(28)13-19(2)32-27)20-10-31-37(14-20)16-25(40)33-23-5-6-29-9-21(23)17-39/h5-6,9-11,13-14,18,26,39H,3-4,7-8,12,15-17H2,1-2H3,(H,32,34)(H,29,33,40). The monoisotopic (exact) mass is 574 g/mol. The number of nitrogens with one attached hydrogen (secondary N) is 2. The first-order chi connectivity index (χ1) is 19.9. The van der Waals surface area contributed by atoms with Crippen molar-refractivity contribution in [1.82, 2.24) is 34.0 Å². The second-order valence-electron chi connectivity index (χ2n) is 10.8. The minimum Gasteiger partial charge on any atom is -0.392 e. The number of carbonyl (C=O) groups is 1. The van der Waals surface area contributed by atoms with E-state index in [0.29, 0.717) is 11.3 Å². The van der Waals surface area contributed by atoms with E-state index >= 15 is 0 Å². The average molecular weight is 575 g/mol. The van der Waals surface area contributed by atoms with Crippen LogP contribution < -0.4 is 10.6 Å². The summed E-state index contributed by atoms with van der Waals surface area (Å²) in [5.74, 6) is 1.22. The Morgan fingerprint density at radius 2 is 2.15 bits per heavy atom. The molecule has 6 heterocycles. The predicted octanol–water partition coefficient (Wildman–Crippen LogP) is 3.39. The molecule has 1 fully saturated rings. The number of fused-ring (bicyclic) bond motifs is 1. The van der Waals surface area contributed by atoms with Crippen molar-refractivity contribution in [2.24, 2.45) is 10.3 Å². The highest BCUT2D eigenvalue weighted by Crippen LogP contribution is 2.30. The molecule has 41 heavy (non-hydrogen) atoms. The smallest absolute Gasteiger partial charge is 0.246 e. The van der Waals surface area contributed by atoms with Gasteiger partial charge in [-0.05, 0) is 50.2 Å². The van der Waals surface area contributed by atoms with Gasteiger partial charge in [-0.25, -0.2) is 14.4 Å². The summed E-state index contributed by atoms with van der Waals surface area (Å²) in [5.41, 5.74) is 5.58. The first-order valence-corrected chi connectivity index (χ1v) is 14.7. The molecule has 214 valence electrons. The molecule has 4 aromatic rings. The van der Waals surface area contributed by atoms with E-state index in [1.54, 1.807) is 41.3 Å². The Labute approximate surface area is 242 Å². The summed E-state index contributed by atoms with van der Waals surface area (Å²) in [6.07, 6.45) is 13.8. The maximum atomic E-state index is 12.6. The molecule has 1 saturated heterocycles. The third-order valence-electron chi connectivity index (χ3n) is 7.37. The zero-order valence-electron chi connectivity index (χ0n) is 23.2. The lowest BCUT2D eigenvalue weighted by molar-refractivity contribution is -0.116. The predicted molar refractivity (Wildman–Crippen MR) is 160 cm³/mol. The number of imidazole rings is 1. The van der Waals surface area contributed by atoms with Gasteiger partial charge in [-0.3, -0.25) is 23.8 Å². The van der Waals surface area contributed by atoms with Gasteiger partial charge in [0, 0.05) is 66.8 Å². The van der Waals surface area contributed by atoms with E-state index in [4.69, 9.17) is 9.38 Å². The molecule has 2 atom stereocenters. The summed E-state index contributed by atoms with van der Waals surface area (Å²) >= 11 is 1.57. The lowest BCUT2D eigenvalue weighted by atomic mass is 10.00. The van der Waals surface area contributed by atoms with E-state index in [1.165, 1.54) is 24.8 Å². The molecular weight excluding hydrogens is 540 g/mol. The maximum Gasteiger partial charge on any atom is 0.246 e. The molecule has 6 rings (SSSR count). The summed E-state index contributed by atoms with van der Waals surface area (Å²) < 4.78 is 8.35. The van der Waals surface area contributed by atoms with Crippen LogP contribution in [-0.2, 0) is 17.9 Å². The highest BCUT2D eigenvalue weighted by molar-refractivity contribution is 7.99. The molecule has 13 heteroatoms. The molecule has 0 saturated carbocycles. The van der Waals surface area contributed by atoms with Crippen LogP contribution >= 0.6 is 11.9 Å². The number of aryl methyl sites for hydroxylation is 1. The third kappa shape index (κ3) is 6.26. The molecule has 2 unspecified atom stereocenters. The van der Waals surface area contributed by atoms with Gasteiger partial charge in [0.15, 0.2) is 11.5 Å². The summed E-state index contributed by atoms with van der Waals surface area (Å²) in [7, 11) is 0. The zero-order valence-corrected chi connectivity index (χ0v) is 24.0. The molecular formula is C28H34N10O2S. The second kappa shape index (κ2) is 12.0. The Kier molecular flexibility index (Phi) is 7.99. The number of pyridine rings is 1. The Morgan fingerprint density at radius 1 is 1.24 bits per heavy atom. The third-order valence-corrected chi connectivity index (χ3v) is 8.27. The first kappa shape index (κ1) is 27.4. The van der Waals surface area contributed by atoms with Crippen LogP contribution in [0.25, 0.3) is 16.9 Å². The zero-order chi connectivity index (χ0) is 28.3. The SMILES string of the molecule is Cc1cn2c(-c3cnn(CC(=O)Nc4ccncc4CO)c3)cnc2c(NC2CC(CN3CCCC(C)C3)=NS2)n1. The summed E-state index contributed by atoms with van der Waals surface area (Å²) in [4.78, 5) is 28.6. The molecule has 0 aromatic carbocycles. The van der Waals surface area contributed by atoms with Crippen molar-refractivity contribution in [3.05, 3.63) is 54.5 Å². The van der Waals surface area contributed by atoms with Crippen molar-refractivity contribution < 1.29 is 9.90 Å². The maximum absolute atomic E-state index is 12.6. The Hall–Kier alpha value is -3.81. The van der Waals surface area contributed by atoms with E-state index in [-0.39, 0.29) is 24.4 Å². The van der Waals surface area contributed by atoms with E-state index in [1.807, 2.05) is 23.7 Å². The summed E-state index contributed by atoms with van der Waals surface area (Å²) in [5, 5.41) is 20.4. The van der Waals surface area contributed by atoms with Crippen molar-refractivity contribution in [2.45, 2.75) is 51.6 Å². The van der Waals surface area contributed by atoms with Crippen molar-refractivity contribution in [2.75, 3.05) is 30.3 Å². The van der Waals surface area contributed by atoms with Crippen LogP contribution in [0.4, 0.5) is 11.5 Å². The van der Waals surface area contributed by atoms with Gasteiger partial charge in [0.1, 0.15) is 11.9 Å². The molecule has 12 nitrogen and oxygen atoms in total. The van der Waals surface area contributed by atoms with Crippen molar-refractivity contribution in [1.29, 1.82) is 0 Å². The number of rotatable bonds is 9. The molecule has 0 bridgehead atoms. The molecule has 0 radical (unpaired) electrons. The van der Waals surface area contributed by atoms with E-state index in [9.17, 15) is 9.90 Å². The largest absolute Gasteiger partial charge is 0.392 e. The molecule has 4 aromatic heterocycles. The fourth-order valence-electron chi connectivity index (χ4n) is 5.45. The second-order valence-corrected chi connectivity index (χ2v) is 11.8. The quantitative estimate of drug-likeness (QED) is 0.257. The number of piperidine rings is 1. The summed E-state index contributed by atoms with van der Waals surface area (Å²) in [6.45, 7) is 7.34. The lowest BCUT2D eigenvalue weighted by Crippen LogP contribution is -2.38. The highest BCUT2D eigenvalue weighted by Gasteiger charge is 2.25. The highest BCUT2D eigenvalue weighted by atomic mass is 32.2. The molecule has 2 aliphatic heterocycles. The fourth-order valence-corrected chi connectivity index (χ4v) is 6.29. The number of aromatic nitrogens is 6. The van der Waals surface area contributed by atoms with Crippen LogP contribution in [0, 0.1) is 12.8 Å². The van der Waals surface area contributed by atoms with Gasteiger partial charge in [-0.2, -0.15) is 5.10 Å². The van der Waals surface area contributed by atoms with E-state index in [2.05, 4.69) is 37.5 Å². The van der Waals surface area contributed by atoms with Crippen LogP contribution in [0.2, 0.25) is 0 Å². The minimum absolute atomic E-state index is 0.0227. The average Bonchev–Trinajstić information content (AvgIpc) is 3.69. The van der Waals surface area contributed by atoms with E-state index in [0.717, 1.165) is 60.4 Å². The number of carbonyl (C=O) groups excluding carboxylic acids is 1. The van der Waals surface area contributed by atoms with Gasteiger partial charge < -0.3 is 15.7 Å². The number of hydrogen-bond acceptors (Lipinski definition) is 10. The Bertz CT molecular complexity index is 1580. The van der Waals surface area contributed by atoms with Gasteiger partial charge in [0.25, 0.3) is 0 Å². The van der Waals surface area contributed by atoms with Crippen molar-refractivity contribution in [3.63, 3.8) is 0 Å². The number of aliphatic hydroxyl groups is 1. The van der Waals surface area contributed by atoms with Gasteiger partial charge in [0.2, 0.25) is 5.91 Å². The number of nitrogens with zero attached hydrogens (tertiary/aromatic N) is 8. The Balaban J connectivity index is 1.12. The number of hydrogen-bond donors (Lipinski definition) is 3. The molecule has 2 aliphatic rings. The normalized spacial score (nSPS) is 19.4. The topological polar surface area (TPSA) is 138 Å². The fraction of sp³-hybridized carbons (Fsp3) is 0.429. The molecule has 0 spiro atoms. The number of likely N-dealkylation sites (tertiary alicyclic amines) is 1. The molecule has 0 aliphatic carbocycles. The molecule has 1 amide bonds. The van der Waals surface area contributed by atoms with Crippen LogP contribution in [-0.4, -0.2) is 75.8 Å². The molecule has 3 N–H and O–H groups in total. The van der Waals surface area contributed by atoms with Gasteiger partial charge in [0.05, 0.1) is 30.4 Å².